The van der Waals surface area contributed by atoms with Gasteiger partial charge in [0, 0.05) is 42.2 Å². The van der Waals surface area contributed by atoms with Gasteiger partial charge in [0.05, 0.1) is 17.5 Å². The van der Waals surface area contributed by atoms with E-state index in [4.69, 9.17) is 15.1 Å². The molecule has 1 fully saturated rings. The Morgan fingerprint density at radius 1 is 1.21 bits per heavy atom. The molecule has 2 heterocycles. The second kappa shape index (κ2) is 10.5. The highest BCUT2D eigenvalue weighted by molar-refractivity contribution is 6.41. The molecule has 7 nitrogen and oxygen atoms in total. The number of para-hydroxylation sites is 1. The minimum Gasteiger partial charge on any atom is -0.763 e. The summed E-state index contributed by atoms with van der Waals surface area (Å²) in [6.07, 6.45) is 5.94. The summed E-state index contributed by atoms with van der Waals surface area (Å²) in [6, 6.07) is 16.5. The van der Waals surface area contributed by atoms with Gasteiger partial charge in [0.25, 0.3) is 0 Å². The van der Waals surface area contributed by atoms with Gasteiger partial charge in [-0.25, -0.2) is 0 Å². The van der Waals surface area contributed by atoms with Gasteiger partial charge in [0.15, 0.2) is 0 Å². The van der Waals surface area contributed by atoms with Crippen LogP contribution < -0.4 is 4.74 Å². The van der Waals surface area contributed by atoms with Crippen LogP contribution in [0.3, 0.4) is 0 Å². The number of hydrogen-bond donors (Lipinski definition) is 1. The second-order valence-electron chi connectivity index (χ2n) is 7.92. The summed E-state index contributed by atoms with van der Waals surface area (Å²) in [5.74, 6) is 3.41. The van der Waals surface area contributed by atoms with Crippen LogP contribution in [0.5, 0.6) is 11.5 Å². The molecule has 0 bridgehead atoms. The first-order valence-electron chi connectivity index (χ1n) is 11.0. The number of likely N-dealkylation sites (tertiary alicyclic amines) is 1. The van der Waals surface area contributed by atoms with E-state index in [1.165, 1.54) is 12.3 Å². The number of nitrogens with zero attached hydrogens (tertiary/aromatic N) is 4. The Bertz CT molecular complexity index is 1240. The van der Waals surface area contributed by atoms with Crippen LogP contribution >= 0.6 is 0 Å². The van der Waals surface area contributed by atoms with E-state index in [2.05, 4.69) is 17.4 Å². The number of nitrogens with one attached hydrogen (secondary N) is 1. The van der Waals surface area contributed by atoms with Gasteiger partial charge in [-0.2, -0.15) is 0 Å². The fraction of sp³-hybridized carbons (Fsp3) is 0.185. The summed E-state index contributed by atoms with van der Waals surface area (Å²) in [7, 11) is 0. The number of piperidine rings is 1. The van der Waals surface area contributed by atoms with Crippen LogP contribution in [0.2, 0.25) is 0 Å². The molecule has 2 aliphatic rings. The zero-order valence-corrected chi connectivity index (χ0v) is 18.6. The Balaban J connectivity index is 1.57. The third-order valence-electron chi connectivity index (χ3n) is 5.62. The SMILES string of the molecule is C=CC(=O)N1CCC[C@@H](N=C2C(=C=[N-])C=NC=C2C(=N)c2ccc(Oc3ccccc3)cc2)C1. The molecule has 0 aromatic heterocycles. The number of ether oxygens (including phenoxy) is 1. The predicted octanol–water partition coefficient (Wildman–Crippen LogP) is 4.60. The molecule has 0 spiro atoms. The summed E-state index contributed by atoms with van der Waals surface area (Å²) in [6.45, 7) is 4.68. The minimum absolute atomic E-state index is 0.124. The Hall–Kier alpha value is -4.35. The number of carbonyl (C=O) groups is 1. The van der Waals surface area contributed by atoms with E-state index in [0.29, 0.717) is 41.3 Å². The van der Waals surface area contributed by atoms with Gasteiger partial charge in [-0.15, -0.1) is 0 Å². The minimum atomic E-state index is -0.166. The first-order valence-corrected chi connectivity index (χ1v) is 11.0. The standard InChI is InChI=1S/C27H24N5O2/c1-2-25(33)32-14-6-7-21(18-32)31-27-20(15-28)16-30-17-24(27)26(29)19-10-12-23(13-11-19)34-22-8-4-3-5-9-22/h2-5,8-13,16-17,21,29H,1,6-7,14,18H2/q-1/t21-/m1/s1. The van der Waals surface area contributed by atoms with E-state index in [9.17, 15) is 10.2 Å². The van der Waals surface area contributed by atoms with Crippen LogP contribution in [0.4, 0.5) is 0 Å². The number of hydrogen-bond acceptors (Lipinski definition) is 5. The number of amides is 1. The van der Waals surface area contributed by atoms with Crippen LogP contribution in [0, 0.1) is 5.41 Å². The molecule has 0 aliphatic carbocycles. The fourth-order valence-electron chi connectivity index (χ4n) is 3.90. The van der Waals surface area contributed by atoms with Gasteiger partial charge in [0.2, 0.25) is 5.91 Å². The van der Waals surface area contributed by atoms with Crippen LogP contribution in [0.25, 0.3) is 5.41 Å². The number of allylic oxidation sites excluding steroid dienone is 2. The highest BCUT2D eigenvalue weighted by atomic mass is 16.5. The van der Waals surface area contributed by atoms with Crippen LogP contribution in [-0.2, 0) is 4.79 Å². The quantitative estimate of drug-likeness (QED) is 0.514. The maximum atomic E-state index is 12.1. The molecule has 1 saturated heterocycles. The monoisotopic (exact) mass is 450 g/mol. The lowest BCUT2D eigenvalue weighted by molar-refractivity contribution is -0.127. The van der Waals surface area contributed by atoms with Crippen LogP contribution in [0.15, 0.2) is 94.6 Å². The van der Waals surface area contributed by atoms with Gasteiger partial charge in [-0.05, 0) is 55.3 Å². The molecule has 2 aromatic rings. The molecule has 1 N–H and O–H groups in total. The van der Waals surface area contributed by atoms with Gasteiger partial charge in [-0.1, -0.05) is 24.8 Å². The lowest BCUT2D eigenvalue weighted by atomic mass is 9.93. The first kappa shape index (κ1) is 22.8. The summed E-state index contributed by atoms with van der Waals surface area (Å²) in [4.78, 5) is 22.7. The molecule has 1 atom stereocenters. The van der Waals surface area contributed by atoms with E-state index in [1.54, 1.807) is 35.4 Å². The lowest BCUT2D eigenvalue weighted by Crippen LogP contribution is -2.41. The van der Waals surface area contributed by atoms with E-state index in [1.807, 2.05) is 30.3 Å². The van der Waals surface area contributed by atoms with Crippen LogP contribution in [-0.4, -0.2) is 53.4 Å². The van der Waals surface area contributed by atoms with Crippen molar-refractivity contribution in [2.75, 3.05) is 13.1 Å². The highest BCUT2D eigenvalue weighted by Gasteiger charge is 2.25. The largest absolute Gasteiger partial charge is 0.763 e. The molecule has 0 unspecified atom stereocenters. The van der Waals surface area contributed by atoms with Gasteiger partial charge in [-0.3, -0.25) is 26.1 Å². The summed E-state index contributed by atoms with van der Waals surface area (Å²) in [5.41, 5.74) is 2.08. The van der Waals surface area contributed by atoms with Crippen molar-refractivity contribution in [2.45, 2.75) is 18.9 Å². The van der Waals surface area contributed by atoms with Gasteiger partial charge < -0.3 is 15.0 Å². The van der Waals surface area contributed by atoms with Crippen molar-refractivity contribution in [2.24, 2.45) is 9.98 Å². The topological polar surface area (TPSA) is 100 Å². The summed E-state index contributed by atoms with van der Waals surface area (Å²) >= 11 is 0. The average Bonchev–Trinajstić information content (AvgIpc) is 2.89. The van der Waals surface area contributed by atoms with E-state index >= 15 is 0 Å². The Labute approximate surface area is 198 Å². The highest BCUT2D eigenvalue weighted by Crippen LogP contribution is 2.24. The summed E-state index contributed by atoms with van der Waals surface area (Å²) < 4.78 is 5.83. The van der Waals surface area contributed by atoms with Crippen LogP contribution in [0.1, 0.15) is 18.4 Å². The molecule has 2 aromatic carbocycles. The Morgan fingerprint density at radius 2 is 1.94 bits per heavy atom. The fourth-order valence-corrected chi connectivity index (χ4v) is 3.90. The average molecular weight is 451 g/mol. The second-order valence-corrected chi connectivity index (χ2v) is 7.92. The van der Waals surface area contributed by atoms with E-state index < -0.39 is 0 Å². The number of carbonyl (C=O) groups excluding carboxylic acids is 1. The molecule has 34 heavy (non-hydrogen) atoms. The molecule has 0 saturated carbocycles. The molecule has 4 rings (SSSR count). The maximum absolute atomic E-state index is 12.1. The van der Waals surface area contributed by atoms with Crippen molar-refractivity contribution in [3.8, 4) is 11.5 Å². The van der Waals surface area contributed by atoms with Crippen molar-refractivity contribution < 1.29 is 9.53 Å². The molecule has 170 valence electrons. The van der Waals surface area contributed by atoms with E-state index in [0.717, 1.165) is 18.6 Å². The van der Waals surface area contributed by atoms with E-state index in [-0.39, 0.29) is 17.7 Å². The van der Waals surface area contributed by atoms with Crippen molar-refractivity contribution in [1.82, 2.24) is 4.90 Å². The lowest BCUT2D eigenvalue weighted by Gasteiger charge is -2.31. The maximum Gasteiger partial charge on any atom is 0.246 e. The first-order chi connectivity index (χ1) is 16.6. The molecular formula is C27H24N5O2-. The molecule has 2 aliphatic heterocycles. The molecule has 1 amide bonds. The number of rotatable bonds is 6. The number of aliphatic imine (C=N–C) groups is 2. The molecular weight excluding hydrogens is 426 g/mol. The normalized spacial score (nSPS) is 18.8. The zero-order chi connectivity index (χ0) is 23.9. The summed E-state index contributed by atoms with van der Waals surface area (Å²) in [5, 5.41) is 18.5. The van der Waals surface area contributed by atoms with Crippen molar-refractivity contribution in [1.29, 1.82) is 5.41 Å². The zero-order valence-electron chi connectivity index (χ0n) is 18.6. The van der Waals surface area contributed by atoms with Crippen molar-refractivity contribution >= 4 is 29.4 Å². The van der Waals surface area contributed by atoms with Gasteiger partial charge in [0.1, 0.15) is 11.5 Å². The molecule has 0 radical (unpaired) electrons. The molecule has 7 heteroatoms. The van der Waals surface area contributed by atoms with Gasteiger partial charge >= 0.3 is 0 Å². The predicted molar refractivity (Wildman–Crippen MR) is 135 cm³/mol. The smallest absolute Gasteiger partial charge is 0.246 e. The third-order valence-corrected chi connectivity index (χ3v) is 5.62. The number of benzene rings is 2. The Kier molecular flexibility index (Phi) is 7.06. The van der Waals surface area contributed by atoms with Crippen molar-refractivity contribution in [3.05, 3.63) is 95.6 Å². The third kappa shape index (κ3) is 5.17. The Morgan fingerprint density at radius 3 is 2.65 bits per heavy atom. The van der Waals surface area contributed by atoms with Crippen molar-refractivity contribution in [3.63, 3.8) is 0 Å².